The average Bonchev–Trinajstić information content (AvgIpc) is 2.97. The fraction of sp³-hybridized carbons (Fsp3) is 0.444. The van der Waals surface area contributed by atoms with Gasteiger partial charge in [-0.1, -0.05) is 18.2 Å². The zero-order chi connectivity index (χ0) is 15.2. The molecule has 2 aliphatic heterocycles. The third kappa shape index (κ3) is 2.05. The number of anilines is 1. The van der Waals surface area contributed by atoms with E-state index in [1.165, 1.54) is 0 Å². The molecule has 3 heterocycles. The van der Waals surface area contributed by atoms with Gasteiger partial charge >= 0.3 is 0 Å². The summed E-state index contributed by atoms with van der Waals surface area (Å²) in [6.45, 7) is 2.63. The lowest BCUT2D eigenvalue weighted by Crippen LogP contribution is -2.48. The Labute approximate surface area is 130 Å². The van der Waals surface area contributed by atoms with Gasteiger partial charge in [-0.3, -0.25) is 4.79 Å². The van der Waals surface area contributed by atoms with Crippen LogP contribution in [0.2, 0.25) is 0 Å². The van der Waals surface area contributed by atoms with E-state index < -0.39 is 0 Å². The topological polar surface area (TPSA) is 36.4 Å². The number of para-hydroxylation sites is 1. The molecule has 0 radical (unpaired) electrons. The molecule has 4 heteroatoms. The van der Waals surface area contributed by atoms with E-state index in [1.54, 1.807) is 0 Å². The minimum Gasteiger partial charge on any atom is -0.355 e. The van der Waals surface area contributed by atoms with E-state index >= 15 is 0 Å². The van der Waals surface area contributed by atoms with Crippen molar-refractivity contribution >= 4 is 22.6 Å². The molecule has 1 atom stereocenters. The molecule has 1 aromatic carbocycles. The van der Waals surface area contributed by atoms with Crippen molar-refractivity contribution in [3.8, 4) is 0 Å². The molecule has 0 N–H and O–H groups in total. The molecule has 22 heavy (non-hydrogen) atoms. The van der Waals surface area contributed by atoms with Crippen LogP contribution in [0.1, 0.15) is 19.3 Å². The summed E-state index contributed by atoms with van der Waals surface area (Å²) in [5, 5.41) is 1.16. The lowest BCUT2D eigenvalue weighted by atomic mass is 9.78. The summed E-state index contributed by atoms with van der Waals surface area (Å²) in [4.78, 5) is 21.6. The van der Waals surface area contributed by atoms with Crippen LogP contribution in [-0.4, -0.2) is 42.5 Å². The molecule has 1 aromatic heterocycles. The van der Waals surface area contributed by atoms with E-state index in [2.05, 4.69) is 23.1 Å². The summed E-state index contributed by atoms with van der Waals surface area (Å²) >= 11 is 0. The largest absolute Gasteiger partial charge is 0.355 e. The van der Waals surface area contributed by atoms with Gasteiger partial charge < -0.3 is 9.80 Å². The molecule has 0 bridgehead atoms. The van der Waals surface area contributed by atoms with Crippen molar-refractivity contribution in [3.05, 3.63) is 36.4 Å². The van der Waals surface area contributed by atoms with Gasteiger partial charge in [-0.2, -0.15) is 0 Å². The molecular formula is C18H21N3O. The number of pyridine rings is 1. The van der Waals surface area contributed by atoms with Crippen LogP contribution in [0.3, 0.4) is 0 Å². The highest BCUT2D eigenvalue weighted by molar-refractivity contribution is 5.85. The predicted molar refractivity (Wildman–Crippen MR) is 87.9 cm³/mol. The second kappa shape index (κ2) is 4.97. The highest BCUT2D eigenvalue weighted by atomic mass is 16.2. The second-order valence-electron chi connectivity index (χ2n) is 6.64. The van der Waals surface area contributed by atoms with E-state index in [0.29, 0.717) is 5.91 Å². The first-order chi connectivity index (χ1) is 10.7. The van der Waals surface area contributed by atoms with Gasteiger partial charge in [-0.25, -0.2) is 4.98 Å². The number of nitrogens with zero attached hydrogens (tertiary/aromatic N) is 3. The molecule has 4 rings (SSSR count). The molecule has 0 unspecified atom stereocenters. The normalized spacial score (nSPS) is 25.4. The summed E-state index contributed by atoms with van der Waals surface area (Å²) < 4.78 is 0. The molecule has 4 nitrogen and oxygen atoms in total. The van der Waals surface area contributed by atoms with Crippen molar-refractivity contribution in [1.29, 1.82) is 0 Å². The molecule has 114 valence electrons. The number of aromatic nitrogens is 1. The first-order valence-electron chi connectivity index (χ1n) is 8.04. The van der Waals surface area contributed by atoms with Gasteiger partial charge in [0.25, 0.3) is 0 Å². The number of benzene rings is 1. The Hall–Kier alpha value is -2.10. The van der Waals surface area contributed by atoms with Gasteiger partial charge in [0.1, 0.15) is 5.82 Å². The molecule has 2 saturated heterocycles. The van der Waals surface area contributed by atoms with Crippen molar-refractivity contribution in [1.82, 2.24) is 9.88 Å². The van der Waals surface area contributed by atoms with Gasteiger partial charge in [0.05, 0.1) is 10.9 Å². The number of carbonyl (C=O) groups excluding carboxylic acids is 1. The van der Waals surface area contributed by atoms with Crippen LogP contribution in [0.5, 0.6) is 0 Å². The summed E-state index contributed by atoms with van der Waals surface area (Å²) in [5.41, 5.74) is 0.841. The lowest BCUT2D eigenvalue weighted by Gasteiger charge is -2.37. The zero-order valence-corrected chi connectivity index (χ0v) is 13.0. The van der Waals surface area contributed by atoms with E-state index in [0.717, 1.165) is 55.6 Å². The number of fused-ring (bicyclic) bond motifs is 1. The quantitative estimate of drug-likeness (QED) is 0.811. The van der Waals surface area contributed by atoms with Gasteiger partial charge in [0.15, 0.2) is 0 Å². The van der Waals surface area contributed by atoms with Crippen LogP contribution in [-0.2, 0) is 4.79 Å². The maximum atomic E-state index is 12.6. The Kier molecular flexibility index (Phi) is 3.06. The van der Waals surface area contributed by atoms with E-state index in [1.807, 2.05) is 30.1 Å². The number of likely N-dealkylation sites (tertiary alicyclic amines) is 1. The highest BCUT2D eigenvalue weighted by Crippen LogP contribution is 2.41. The summed E-state index contributed by atoms with van der Waals surface area (Å²) in [6.07, 6.45) is 3.08. The molecular weight excluding hydrogens is 274 g/mol. The van der Waals surface area contributed by atoms with Crippen molar-refractivity contribution in [2.75, 3.05) is 31.6 Å². The number of rotatable bonds is 1. The van der Waals surface area contributed by atoms with Crippen molar-refractivity contribution < 1.29 is 4.79 Å². The predicted octanol–water partition coefficient (Wildman–Crippen LogP) is 2.68. The van der Waals surface area contributed by atoms with Crippen LogP contribution in [0, 0.1) is 5.41 Å². The monoisotopic (exact) mass is 295 g/mol. The van der Waals surface area contributed by atoms with E-state index in [-0.39, 0.29) is 5.41 Å². The standard InChI is InChI=1S/C18H21N3O/c1-20-11-4-9-18(17(20)22)10-12-21(13-18)16-8-7-14-5-2-3-6-15(14)19-16/h2-3,5-8H,4,9-13H2,1H3/t18-/m1/s1. The minimum absolute atomic E-state index is 0.180. The zero-order valence-electron chi connectivity index (χ0n) is 13.0. The Morgan fingerprint density at radius 3 is 2.86 bits per heavy atom. The SMILES string of the molecule is CN1CCC[C@]2(CCN(c3ccc4ccccc4n3)C2)C1=O. The maximum absolute atomic E-state index is 12.6. The third-order valence-electron chi connectivity index (χ3n) is 5.21. The first-order valence-corrected chi connectivity index (χ1v) is 8.04. The second-order valence-corrected chi connectivity index (χ2v) is 6.64. The van der Waals surface area contributed by atoms with Crippen LogP contribution >= 0.6 is 0 Å². The molecule has 0 saturated carbocycles. The molecule has 1 spiro atoms. The summed E-state index contributed by atoms with van der Waals surface area (Å²) in [5.74, 6) is 1.32. The van der Waals surface area contributed by atoms with E-state index in [9.17, 15) is 4.79 Å². The smallest absolute Gasteiger partial charge is 0.230 e. The van der Waals surface area contributed by atoms with Gasteiger partial charge in [-0.05, 0) is 37.5 Å². The first kappa shape index (κ1) is 13.6. The van der Waals surface area contributed by atoms with E-state index in [4.69, 9.17) is 4.98 Å². The Balaban J connectivity index is 1.62. The van der Waals surface area contributed by atoms with Gasteiger partial charge in [-0.15, -0.1) is 0 Å². The fourth-order valence-corrected chi connectivity index (χ4v) is 3.95. The summed E-state index contributed by atoms with van der Waals surface area (Å²) in [7, 11) is 1.93. The van der Waals surface area contributed by atoms with Gasteiger partial charge in [0, 0.05) is 32.1 Å². The number of piperidine rings is 1. The van der Waals surface area contributed by atoms with Crippen LogP contribution in [0.15, 0.2) is 36.4 Å². The van der Waals surface area contributed by atoms with Gasteiger partial charge in [0.2, 0.25) is 5.91 Å². The third-order valence-corrected chi connectivity index (χ3v) is 5.21. The van der Waals surface area contributed by atoms with Crippen LogP contribution in [0.4, 0.5) is 5.82 Å². The Bertz CT molecular complexity index is 729. The van der Waals surface area contributed by atoms with Crippen LogP contribution < -0.4 is 4.90 Å². The summed E-state index contributed by atoms with van der Waals surface area (Å²) in [6, 6.07) is 12.4. The van der Waals surface area contributed by atoms with Crippen molar-refractivity contribution in [2.45, 2.75) is 19.3 Å². The average molecular weight is 295 g/mol. The number of hydrogen-bond donors (Lipinski definition) is 0. The minimum atomic E-state index is -0.180. The maximum Gasteiger partial charge on any atom is 0.230 e. The van der Waals surface area contributed by atoms with Crippen molar-refractivity contribution in [2.24, 2.45) is 5.41 Å². The number of hydrogen-bond acceptors (Lipinski definition) is 3. The van der Waals surface area contributed by atoms with Crippen molar-refractivity contribution in [3.63, 3.8) is 0 Å². The molecule has 2 aliphatic rings. The highest BCUT2D eigenvalue weighted by Gasteiger charge is 2.47. The number of carbonyl (C=O) groups is 1. The number of amides is 1. The molecule has 0 aliphatic carbocycles. The molecule has 1 amide bonds. The Morgan fingerprint density at radius 1 is 1.09 bits per heavy atom. The molecule has 2 aromatic rings. The lowest BCUT2D eigenvalue weighted by molar-refractivity contribution is -0.143. The fourth-order valence-electron chi connectivity index (χ4n) is 3.95. The Morgan fingerprint density at radius 2 is 1.95 bits per heavy atom. The van der Waals surface area contributed by atoms with Crippen LogP contribution in [0.25, 0.3) is 10.9 Å². The molecule has 2 fully saturated rings.